The second-order valence-electron chi connectivity index (χ2n) is 6.24. The van der Waals surface area contributed by atoms with Crippen LogP contribution in [0.25, 0.3) is 0 Å². The fourth-order valence-corrected chi connectivity index (χ4v) is 3.26. The van der Waals surface area contributed by atoms with Crippen molar-refractivity contribution in [3.05, 3.63) is 58.1 Å². The topological polar surface area (TPSA) is 56.6 Å². The largest absolute Gasteiger partial charge is 0.484 e. The minimum atomic E-state index is -0.0530. The first-order valence-corrected chi connectivity index (χ1v) is 9.43. The van der Waals surface area contributed by atoms with Crippen molar-refractivity contribution in [2.45, 2.75) is 6.42 Å². The van der Waals surface area contributed by atoms with E-state index in [1.807, 2.05) is 29.2 Å². The van der Waals surface area contributed by atoms with Crippen LogP contribution in [-0.2, 0) is 4.79 Å². The molecule has 1 aliphatic heterocycles. The fraction of sp³-hybridized carbons (Fsp3) is 0.300. The molecule has 0 N–H and O–H groups in total. The molecule has 27 heavy (non-hydrogen) atoms. The van der Waals surface area contributed by atoms with Crippen LogP contribution in [-0.4, -0.2) is 43.6 Å². The number of hydrogen-bond acceptors (Lipinski definition) is 4. The van der Waals surface area contributed by atoms with Crippen LogP contribution in [0, 0.1) is 11.3 Å². The van der Waals surface area contributed by atoms with Gasteiger partial charge in [-0.15, -0.1) is 0 Å². The second kappa shape index (κ2) is 8.98. The van der Waals surface area contributed by atoms with E-state index < -0.39 is 0 Å². The number of halogens is 2. The zero-order valence-corrected chi connectivity index (χ0v) is 16.2. The van der Waals surface area contributed by atoms with Gasteiger partial charge in [-0.1, -0.05) is 23.2 Å². The Morgan fingerprint density at radius 1 is 1.04 bits per heavy atom. The van der Waals surface area contributed by atoms with Crippen LogP contribution in [0.2, 0.25) is 10.0 Å². The number of carbonyl (C=O) groups is 1. The third-order valence-electron chi connectivity index (χ3n) is 4.46. The molecule has 0 radical (unpaired) electrons. The van der Waals surface area contributed by atoms with Gasteiger partial charge in [0.15, 0.2) is 6.61 Å². The van der Waals surface area contributed by atoms with E-state index >= 15 is 0 Å². The van der Waals surface area contributed by atoms with Crippen molar-refractivity contribution in [3.63, 3.8) is 0 Å². The van der Waals surface area contributed by atoms with Crippen LogP contribution >= 0.6 is 23.2 Å². The van der Waals surface area contributed by atoms with Gasteiger partial charge in [-0.2, -0.15) is 5.26 Å². The number of ether oxygens (including phenoxy) is 1. The average molecular weight is 404 g/mol. The van der Waals surface area contributed by atoms with E-state index in [0.29, 0.717) is 34.4 Å². The molecular weight excluding hydrogens is 385 g/mol. The highest BCUT2D eigenvalue weighted by molar-refractivity contribution is 6.42. The standard InChI is InChI=1S/C20H19Cl2N3O2/c21-18-7-6-17(12-19(18)22)27-14-20(26)25-9-1-8-24(10-11-25)16-4-2-15(13-23)3-5-16/h2-7,12H,1,8-11,14H2. The van der Waals surface area contributed by atoms with Crippen LogP contribution in [0.5, 0.6) is 5.75 Å². The molecule has 0 aromatic heterocycles. The minimum Gasteiger partial charge on any atom is -0.484 e. The molecule has 2 aromatic rings. The lowest BCUT2D eigenvalue weighted by molar-refractivity contribution is -0.133. The van der Waals surface area contributed by atoms with Crippen molar-refractivity contribution in [1.82, 2.24) is 4.90 Å². The molecular formula is C20H19Cl2N3O2. The molecule has 0 unspecified atom stereocenters. The molecule has 0 atom stereocenters. The maximum absolute atomic E-state index is 12.5. The molecule has 1 saturated heterocycles. The van der Waals surface area contributed by atoms with Gasteiger partial charge in [-0.25, -0.2) is 0 Å². The average Bonchev–Trinajstić information content (AvgIpc) is 2.95. The van der Waals surface area contributed by atoms with E-state index in [0.717, 1.165) is 25.2 Å². The monoisotopic (exact) mass is 403 g/mol. The van der Waals surface area contributed by atoms with Crippen molar-refractivity contribution in [2.75, 3.05) is 37.7 Å². The minimum absolute atomic E-state index is 0.0329. The van der Waals surface area contributed by atoms with Gasteiger partial charge >= 0.3 is 0 Å². The molecule has 1 heterocycles. The fourth-order valence-electron chi connectivity index (χ4n) is 2.97. The summed E-state index contributed by atoms with van der Waals surface area (Å²) in [7, 11) is 0. The summed E-state index contributed by atoms with van der Waals surface area (Å²) in [5.74, 6) is 0.467. The Morgan fingerprint density at radius 3 is 2.52 bits per heavy atom. The lowest BCUT2D eigenvalue weighted by Crippen LogP contribution is -2.38. The normalized spacial score (nSPS) is 14.4. The van der Waals surface area contributed by atoms with Crippen LogP contribution in [0.15, 0.2) is 42.5 Å². The number of nitrogens with zero attached hydrogens (tertiary/aromatic N) is 3. The number of nitriles is 1. The van der Waals surface area contributed by atoms with Crippen molar-refractivity contribution in [1.29, 1.82) is 5.26 Å². The van der Waals surface area contributed by atoms with Crippen molar-refractivity contribution < 1.29 is 9.53 Å². The van der Waals surface area contributed by atoms with Gasteiger partial charge in [-0.05, 0) is 42.8 Å². The summed E-state index contributed by atoms with van der Waals surface area (Å²) in [5.41, 5.74) is 1.71. The summed E-state index contributed by atoms with van der Waals surface area (Å²) in [6, 6.07) is 14.6. The van der Waals surface area contributed by atoms with Crippen molar-refractivity contribution in [3.8, 4) is 11.8 Å². The summed E-state index contributed by atoms with van der Waals surface area (Å²) in [5, 5.41) is 9.76. The molecule has 140 valence electrons. The molecule has 7 heteroatoms. The zero-order valence-electron chi connectivity index (χ0n) is 14.7. The lowest BCUT2D eigenvalue weighted by atomic mass is 10.2. The Balaban J connectivity index is 1.54. The Bertz CT molecular complexity index is 849. The van der Waals surface area contributed by atoms with Gasteiger partial charge in [-0.3, -0.25) is 4.79 Å². The Hall–Kier alpha value is -2.42. The zero-order chi connectivity index (χ0) is 19.2. The SMILES string of the molecule is N#Cc1ccc(N2CCCN(C(=O)COc3ccc(Cl)c(Cl)c3)CC2)cc1. The van der Waals surface area contributed by atoms with Crippen LogP contribution in [0.1, 0.15) is 12.0 Å². The number of benzene rings is 2. The molecule has 1 aliphatic rings. The molecule has 0 aliphatic carbocycles. The van der Waals surface area contributed by atoms with E-state index in [4.69, 9.17) is 33.2 Å². The molecule has 0 bridgehead atoms. The Labute approximate surface area is 168 Å². The highest BCUT2D eigenvalue weighted by atomic mass is 35.5. The molecule has 3 rings (SSSR count). The smallest absolute Gasteiger partial charge is 0.260 e. The lowest BCUT2D eigenvalue weighted by Gasteiger charge is -2.23. The molecule has 1 amide bonds. The first-order chi connectivity index (χ1) is 13.1. The summed E-state index contributed by atoms with van der Waals surface area (Å²) in [6.07, 6.45) is 0.874. The van der Waals surface area contributed by atoms with E-state index in [-0.39, 0.29) is 12.5 Å². The number of rotatable bonds is 4. The second-order valence-corrected chi connectivity index (χ2v) is 7.06. The van der Waals surface area contributed by atoms with Crippen molar-refractivity contribution in [2.24, 2.45) is 0 Å². The van der Waals surface area contributed by atoms with Crippen LogP contribution in [0.4, 0.5) is 5.69 Å². The van der Waals surface area contributed by atoms with Gasteiger partial charge in [0.05, 0.1) is 21.7 Å². The molecule has 5 nitrogen and oxygen atoms in total. The van der Waals surface area contributed by atoms with Crippen LogP contribution in [0.3, 0.4) is 0 Å². The van der Waals surface area contributed by atoms with Gasteiger partial charge in [0.25, 0.3) is 5.91 Å². The van der Waals surface area contributed by atoms with E-state index in [1.54, 1.807) is 18.2 Å². The molecule has 2 aromatic carbocycles. The van der Waals surface area contributed by atoms with E-state index in [2.05, 4.69) is 11.0 Å². The number of amides is 1. The highest BCUT2D eigenvalue weighted by Gasteiger charge is 2.20. The quantitative estimate of drug-likeness (QED) is 0.774. The number of anilines is 1. The van der Waals surface area contributed by atoms with Gasteiger partial charge < -0.3 is 14.5 Å². The predicted molar refractivity (Wildman–Crippen MR) is 107 cm³/mol. The third kappa shape index (κ3) is 5.06. The molecule has 1 fully saturated rings. The van der Waals surface area contributed by atoms with Gasteiger partial charge in [0.2, 0.25) is 0 Å². The maximum atomic E-state index is 12.5. The summed E-state index contributed by atoms with van der Waals surface area (Å²) >= 11 is 11.8. The maximum Gasteiger partial charge on any atom is 0.260 e. The van der Waals surface area contributed by atoms with Crippen molar-refractivity contribution >= 4 is 34.8 Å². The summed E-state index contributed by atoms with van der Waals surface area (Å²) < 4.78 is 5.56. The molecule has 0 spiro atoms. The van der Waals surface area contributed by atoms with E-state index in [1.165, 1.54) is 0 Å². The number of carbonyl (C=O) groups excluding carboxylic acids is 1. The molecule has 0 saturated carbocycles. The Morgan fingerprint density at radius 2 is 1.81 bits per heavy atom. The highest BCUT2D eigenvalue weighted by Crippen LogP contribution is 2.26. The first kappa shape index (κ1) is 19.3. The third-order valence-corrected chi connectivity index (χ3v) is 5.20. The first-order valence-electron chi connectivity index (χ1n) is 8.67. The predicted octanol–water partition coefficient (Wildman–Crippen LogP) is 3.98. The Kier molecular flexibility index (Phi) is 6.44. The van der Waals surface area contributed by atoms with E-state index in [9.17, 15) is 4.79 Å². The summed E-state index contributed by atoms with van der Waals surface area (Å²) in [6.45, 7) is 2.89. The van der Waals surface area contributed by atoms with Gasteiger partial charge in [0, 0.05) is 37.9 Å². The van der Waals surface area contributed by atoms with Crippen LogP contribution < -0.4 is 9.64 Å². The number of hydrogen-bond donors (Lipinski definition) is 0. The van der Waals surface area contributed by atoms with Gasteiger partial charge in [0.1, 0.15) is 5.75 Å². The summed E-state index contributed by atoms with van der Waals surface area (Å²) in [4.78, 5) is 16.5.